The summed E-state index contributed by atoms with van der Waals surface area (Å²) in [6.07, 6.45) is -6.96. The standard InChI is InChI=1S/C22H28N2O8/c1-23-20(29)14-9-13(10-15(11-14)21(30)24-2)12-3-5-16(6-4-12)32-22(31)19(28)18(27)17(26)7-8-25/h3-6,9-11,17-19,22,25-28,31H,7-8H2,1-2H3,(H,23,29)(H,24,30). The largest absolute Gasteiger partial charge is 0.462 e. The molecule has 0 bridgehead atoms. The fraction of sp³-hybridized carbons (Fsp3) is 0.364. The fourth-order valence-corrected chi connectivity index (χ4v) is 2.98. The average Bonchev–Trinajstić information content (AvgIpc) is 2.82. The lowest BCUT2D eigenvalue weighted by molar-refractivity contribution is -0.166. The highest BCUT2D eigenvalue weighted by atomic mass is 16.6. The van der Waals surface area contributed by atoms with Crippen LogP contribution in [0, 0.1) is 0 Å². The van der Waals surface area contributed by atoms with E-state index in [0.717, 1.165) is 0 Å². The quantitative estimate of drug-likeness (QED) is 0.233. The third-order valence-electron chi connectivity index (χ3n) is 4.82. The van der Waals surface area contributed by atoms with Crippen molar-refractivity contribution < 1.29 is 39.9 Å². The van der Waals surface area contributed by atoms with E-state index in [4.69, 9.17) is 9.84 Å². The minimum absolute atomic E-state index is 0.165. The van der Waals surface area contributed by atoms with Crippen molar-refractivity contribution in [3.63, 3.8) is 0 Å². The van der Waals surface area contributed by atoms with Crippen molar-refractivity contribution in [1.82, 2.24) is 10.6 Å². The number of rotatable bonds is 10. The second kappa shape index (κ2) is 11.6. The number of benzene rings is 2. The molecule has 0 spiro atoms. The maximum absolute atomic E-state index is 12.1. The lowest BCUT2D eigenvalue weighted by Gasteiger charge is -2.26. The number of hydrogen-bond acceptors (Lipinski definition) is 8. The van der Waals surface area contributed by atoms with Gasteiger partial charge in [0.25, 0.3) is 11.8 Å². The van der Waals surface area contributed by atoms with Crippen molar-refractivity contribution in [2.24, 2.45) is 0 Å². The van der Waals surface area contributed by atoms with Crippen LogP contribution in [0.1, 0.15) is 27.1 Å². The van der Waals surface area contributed by atoms with Gasteiger partial charge < -0.3 is 40.9 Å². The molecule has 10 heteroatoms. The number of carbonyl (C=O) groups is 2. The molecule has 4 atom stereocenters. The summed E-state index contributed by atoms with van der Waals surface area (Å²) in [7, 11) is 2.97. The molecule has 2 aromatic carbocycles. The number of hydrogen-bond donors (Lipinski definition) is 7. The zero-order valence-corrected chi connectivity index (χ0v) is 17.7. The van der Waals surface area contributed by atoms with Gasteiger partial charge in [-0.2, -0.15) is 0 Å². The summed E-state index contributed by atoms with van der Waals surface area (Å²) in [5.41, 5.74) is 1.86. The van der Waals surface area contributed by atoms with Gasteiger partial charge in [-0.15, -0.1) is 0 Å². The van der Waals surface area contributed by atoms with Crippen LogP contribution in [0.5, 0.6) is 5.75 Å². The molecular formula is C22H28N2O8. The minimum Gasteiger partial charge on any atom is -0.462 e. The number of amides is 2. The average molecular weight is 448 g/mol. The van der Waals surface area contributed by atoms with Crippen LogP contribution in [0.3, 0.4) is 0 Å². The van der Waals surface area contributed by atoms with E-state index in [1.165, 1.54) is 32.3 Å². The smallest absolute Gasteiger partial charge is 0.251 e. The molecule has 0 aliphatic heterocycles. The highest BCUT2D eigenvalue weighted by molar-refractivity contribution is 6.01. The molecule has 4 unspecified atom stereocenters. The van der Waals surface area contributed by atoms with Gasteiger partial charge in [0.1, 0.15) is 18.0 Å². The van der Waals surface area contributed by atoms with Crippen LogP contribution in [0.2, 0.25) is 0 Å². The van der Waals surface area contributed by atoms with Crippen molar-refractivity contribution in [3.05, 3.63) is 53.6 Å². The Bertz CT molecular complexity index is 884. The number of ether oxygens (including phenoxy) is 1. The Morgan fingerprint density at radius 1 is 0.844 bits per heavy atom. The highest BCUT2D eigenvalue weighted by Crippen LogP contribution is 2.26. The number of aliphatic hydroxyl groups excluding tert-OH is 5. The van der Waals surface area contributed by atoms with Gasteiger partial charge in [0.2, 0.25) is 6.29 Å². The van der Waals surface area contributed by atoms with Gasteiger partial charge in [-0.25, -0.2) is 0 Å². The predicted molar refractivity (Wildman–Crippen MR) is 115 cm³/mol. The molecule has 0 radical (unpaired) electrons. The van der Waals surface area contributed by atoms with E-state index < -0.39 is 31.2 Å². The second-order valence-corrected chi connectivity index (χ2v) is 7.05. The molecular weight excluding hydrogens is 420 g/mol. The van der Waals surface area contributed by atoms with E-state index in [1.54, 1.807) is 24.3 Å². The molecule has 0 aliphatic rings. The minimum atomic E-state index is -1.83. The molecule has 0 fully saturated rings. The highest BCUT2D eigenvalue weighted by Gasteiger charge is 2.31. The van der Waals surface area contributed by atoms with E-state index in [0.29, 0.717) is 22.3 Å². The molecule has 2 amide bonds. The molecule has 32 heavy (non-hydrogen) atoms. The van der Waals surface area contributed by atoms with Crippen molar-refractivity contribution in [1.29, 1.82) is 0 Å². The Balaban J connectivity index is 2.21. The number of nitrogens with one attached hydrogen (secondary N) is 2. The Hall–Kier alpha value is -3.02. The number of carbonyl (C=O) groups excluding carboxylic acids is 2. The summed E-state index contributed by atoms with van der Waals surface area (Å²) < 4.78 is 5.22. The van der Waals surface area contributed by atoms with Crippen molar-refractivity contribution >= 4 is 11.8 Å². The van der Waals surface area contributed by atoms with Gasteiger partial charge in [0.15, 0.2) is 0 Å². The fourth-order valence-electron chi connectivity index (χ4n) is 2.98. The summed E-state index contributed by atoms with van der Waals surface area (Å²) >= 11 is 0. The van der Waals surface area contributed by atoms with Crippen LogP contribution >= 0.6 is 0 Å². The van der Waals surface area contributed by atoms with Crippen LogP contribution < -0.4 is 15.4 Å². The van der Waals surface area contributed by atoms with Gasteiger partial charge in [0, 0.05) is 31.8 Å². The molecule has 174 valence electrons. The molecule has 10 nitrogen and oxygen atoms in total. The molecule has 0 aliphatic carbocycles. The van der Waals surface area contributed by atoms with Gasteiger partial charge >= 0.3 is 0 Å². The second-order valence-electron chi connectivity index (χ2n) is 7.05. The SMILES string of the molecule is CNC(=O)c1cc(C(=O)NC)cc(-c2ccc(OC(O)C(O)C(O)C(O)CCO)cc2)c1. The maximum Gasteiger partial charge on any atom is 0.251 e. The Morgan fingerprint density at radius 2 is 1.38 bits per heavy atom. The van der Waals surface area contributed by atoms with Gasteiger partial charge in [-0.05, 0) is 47.9 Å². The van der Waals surface area contributed by atoms with Crippen molar-refractivity contribution in [3.8, 4) is 16.9 Å². The van der Waals surface area contributed by atoms with E-state index in [9.17, 15) is 30.0 Å². The molecule has 0 saturated carbocycles. The van der Waals surface area contributed by atoms with Crippen LogP contribution in [0.4, 0.5) is 0 Å². The lowest BCUT2D eigenvalue weighted by Crippen LogP contribution is -2.46. The van der Waals surface area contributed by atoms with E-state index in [1.807, 2.05) is 0 Å². The summed E-state index contributed by atoms with van der Waals surface area (Å²) in [5.74, 6) is -0.537. The molecule has 7 N–H and O–H groups in total. The molecule has 2 aromatic rings. The Morgan fingerprint density at radius 3 is 1.84 bits per heavy atom. The molecule has 0 aromatic heterocycles. The van der Waals surface area contributed by atoms with Crippen molar-refractivity contribution in [2.45, 2.75) is 31.0 Å². The Kier molecular flexibility index (Phi) is 9.12. The van der Waals surface area contributed by atoms with Gasteiger partial charge in [-0.1, -0.05) is 12.1 Å². The third-order valence-corrected chi connectivity index (χ3v) is 4.82. The molecule has 2 rings (SSSR count). The topological polar surface area (TPSA) is 169 Å². The van der Waals surface area contributed by atoms with Crippen LogP contribution in [-0.4, -0.2) is 82.7 Å². The Labute approximate surface area is 185 Å². The van der Waals surface area contributed by atoms with E-state index >= 15 is 0 Å². The first-order chi connectivity index (χ1) is 15.2. The zero-order chi connectivity index (χ0) is 23.8. The van der Waals surface area contributed by atoms with Crippen LogP contribution in [0.15, 0.2) is 42.5 Å². The summed E-state index contributed by atoms with van der Waals surface area (Å²) in [5, 5.41) is 53.2. The normalized spacial score (nSPS) is 14.7. The van der Waals surface area contributed by atoms with Gasteiger partial charge in [0.05, 0.1) is 6.10 Å². The van der Waals surface area contributed by atoms with Crippen molar-refractivity contribution in [2.75, 3.05) is 20.7 Å². The monoisotopic (exact) mass is 448 g/mol. The molecule has 0 saturated heterocycles. The summed E-state index contributed by atoms with van der Waals surface area (Å²) in [6, 6.07) is 11.0. The third kappa shape index (κ3) is 6.25. The summed E-state index contributed by atoms with van der Waals surface area (Å²) in [4.78, 5) is 24.2. The first-order valence-electron chi connectivity index (χ1n) is 9.91. The molecule has 0 heterocycles. The van der Waals surface area contributed by atoms with E-state index in [-0.39, 0.29) is 24.0 Å². The van der Waals surface area contributed by atoms with Gasteiger partial charge in [-0.3, -0.25) is 9.59 Å². The summed E-state index contributed by atoms with van der Waals surface area (Å²) in [6.45, 7) is -0.397. The zero-order valence-electron chi connectivity index (χ0n) is 17.7. The lowest BCUT2D eigenvalue weighted by atomic mass is 9.99. The van der Waals surface area contributed by atoms with Crippen LogP contribution in [0.25, 0.3) is 11.1 Å². The number of aliphatic hydroxyl groups is 5. The first kappa shape index (κ1) is 25.2. The maximum atomic E-state index is 12.1. The first-order valence-corrected chi connectivity index (χ1v) is 9.91. The van der Waals surface area contributed by atoms with E-state index in [2.05, 4.69) is 10.6 Å². The predicted octanol–water partition coefficient (Wildman–Crippen LogP) is -0.765. The van der Waals surface area contributed by atoms with Crippen LogP contribution in [-0.2, 0) is 0 Å².